The van der Waals surface area contributed by atoms with Crippen molar-refractivity contribution in [1.82, 2.24) is 15.6 Å². The van der Waals surface area contributed by atoms with Crippen LogP contribution in [0.1, 0.15) is 16.7 Å². The van der Waals surface area contributed by atoms with E-state index in [4.69, 9.17) is 4.74 Å². The molecule has 0 saturated heterocycles. The lowest BCUT2D eigenvalue weighted by Crippen LogP contribution is -2.35. The fourth-order valence-electron chi connectivity index (χ4n) is 2.02. The van der Waals surface area contributed by atoms with Crippen LogP contribution in [0, 0.1) is 0 Å². The third kappa shape index (κ3) is 4.87. The highest BCUT2D eigenvalue weighted by molar-refractivity contribution is 5.73. The molecular weight excluding hydrogens is 323 g/mol. The van der Waals surface area contributed by atoms with Gasteiger partial charge in [-0.15, -0.1) is 0 Å². The van der Waals surface area contributed by atoms with Crippen molar-refractivity contribution in [1.29, 1.82) is 0 Å². The van der Waals surface area contributed by atoms with Gasteiger partial charge >= 0.3 is 12.2 Å². The topological polar surface area (TPSA) is 63.2 Å². The van der Waals surface area contributed by atoms with E-state index in [1.54, 1.807) is 24.5 Å². The molecule has 24 heavy (non-hydrogen) atoms. The first kappa shape index (κ1) is 17.6. The number of aromatic nitrogens is 1. The molecule has 0 aliphatic heterocycles. The molecule has 0 aliphatic rings. The van der Waals surface area contributed by atoms with Crippen LogP contribution >= 0.6 is 0 Å². The summed E-state index contributed by atoms with van der Waals surface area (Å²) < 4.78 is 44.0. The van der Waals surface area contributed by atoms with Gasteiger partial charge in [0.15, 0.2) is 0 Å². The number of carbonyl (C=O) groups is 1. The Balaban J connectivity index is 1.97. The number of methoxy groups -OCH3 is 1. The molecule has 128 valence electrons. The maximum Gasteiger partial charge on any atom is 0.416 e. The van der Waals surface area contributed by atoms with E-state index < -0.39 is 17.8 Å². The third-order valence-electron chi connectivity index (χ3n) is 3.26. The summed E-state index contributed by atoms with van der Waals surface area (Å²) in [6, 6.07) is 6.50. The van der Waals surface area contributed by atoms with Crippen molar-refractivity contribution in [3.63, 3.8) is 0 Å². The van der Waals surface area contributed by atoms with Gasteiger partial charge in [-0.2, -0.15) is 13.2 Å². The molecule has 1 heterocycles. The lowest BCUT2D eigenvalue weighted by molar-refractivity contribution is -0.138. The molecule has 2 aromatic rings. The Morgan fingerprint density at radius 2 is 1.79 bits per heavy atom. The highest BCUT2D eigenvalue weighted by Crippen LogP contribution is 2.34. The second kappa shape index (κ2) is 7.67. The van der Waals surface area contributed by atoms with E-state index in [-0.39, 0.29) is 24.4 Å². The maximum atomic E-state index is 13.1. The van der Waals surface area contributed by atoms with Crippen LogP contribution in [0.25, 0.3) is 0 Å². The molecule has 1 aromatic heterocycles. The molecule has 0 bridgehead atoms. The Labute approximate surface area is 136 Å². The summed E-state index contributed by atoms with van der Waals surface area (Å²) in [7, 11) is 1.29. The number of hydrogen-bond acceptors (Lipinski definition) is 3. The molecule has 5 nitrogen and oxygen atoms in total. The third-order valence-corrected chi connectivity index (χ3v) is 3.26. The molecule has 0 saturated carbocycles. The Hall–Kier alpha value is -2.77. The summed E-state index contributed by atoms with van der Waals surface area (Å²) in [4.78, 5) is 15.6. The Bertz CT molecular complexity index is 691. The molecule has 0 radical (unpaired) electrons. The fourth-order valence-corrected chi connectivity index (χ4v) is 2.02. The van der Waals surface area contributed by atoms with Gasteiger partial charge in [0.1, 0.15) is 5.75 Å². The van der Waals surface area contributed by atoms with Crippen molar-refractivity contribution in [2.24, 2.45) is 0 Å². The number of urea groups is 1. The zero-order valence-corrected chi connectivity index (χ0v) is 12.9. The highest BCUT2D eigenvalue weighted by Gasteiger charge is 2.33. The summed E-state index contributed by atoms with van der Waals surface area (Å²) in [5.41, 5.74) is -0.0424. The van der Waals surface area contributed by atoms with Gasteiger partial charge in [0.05, 0.1) is 12.7 Å². The SMILES string of the molecule is COc1ccc(CNC(=O)NCc2ccncc2)c(C(F)(F)F)c1. The van der Waals surface area contributed by atoms with Crippen molar-refractivity contribution in [3.8, 4) is 5.75 Å². The van der Waals surface area contributed by atoms with Crippen LogP contribution in [-0.4, -0.2) is 18.1 Å². The lowest BCUT2D eigenvalue weighted by atomic mass is 10.1. The zero-order valence-electron chi connectivity index (χ0n) is 12.9. The van der Waals surface area contributed by atoms with Gasteiger partial charge in [-0.05, 0) is 35.4 Å². The molecule has 2 rings (SSSR count). The van der Waals surface area contributed by atoms with Crippen LogP contribution in [0.2, 0.25) is 0 Å². The summed E-state index contributed by atoms with van der Waals surface area (Å²) in [6.07, 6.45) is -1.36. The summed E-state index contributed by atoms with van der Waals surface area (Å²) >= 11 is 0. The van der Waals surface area contributed by atoms with Crippen LogP contribution in [0.3, 0.4) is 0 Å². The highest BCUT2D eigenvalue weighted by atomic mass is 19.4. The van der Waals surface area contributed by atoms with Crippen LogP contribution < -0.4 is 15.4 Å². The molecule has 0 fully saturated rings. The number of benzene rings is 1. The van der Waals surface area contributed by atoms with Crippen molar-refractivity contribution in [2.75, 3.05) is 7.11 Å². The number of rotatable bonds is 5. The predicted molar refractivity (Wildman–Crippen MR) is 81.3 cm³/mol. The number of nitrogens with one attached hydrogen (secondary N) is 2. The first-order valence-electron chi connectivity index (χ1n) is 7.05. The molecule has 0 unspecified atom stereocenters. The van der Waals surface area contributed by atoms with Crippen molar-refractivity contribution in [2.45, 2.75) is 19.3 Å². The van der Waals surface area contributed by atoms with E-state index in [0.29, 0.717) is 0 Å². The fraction of sp³-hybridized carbons (Fsp3) is 0.250. The van der Waals surface area contributed by atoms with Crippen LogP contribution in [-0.2, 0) is 19.3 Å². The van der Waals surface area contributed by atoms with E-state index in [9.17, 15) is 18.0 Å². The maximum absolute atomic E-state index is 13.1. The van der Waals surface area contributed by atoms with E-state index in [1.165, 1.54) is 19.2 Å². The summed E-state index contributed by atoms with van der Waals surface area (Å²) in [5.74, 6) is 0.105. The summed E-state index contributed by atoms with van der Waals surface area (Å²) in [5, 5.41) is 4.98. The molecule has 2 amide bonds. The largest absolute Gasteiger partial charge is 0.497 e. The average Bonchev–Trinajstić information content (AvgIpc) is 2.58. The quantitative estimate of drug-likeness (QED) is 0.880. The molecule has 2 N–H and O–H groups in total. The number of amides is 2. The van der Waals surface area contributed by atoms with Crippen molar-refractivity contribution in [3.05, 3.63) is 59.4 Å². The van der Waals surface area contributed by atoms with E-state index in [2.05, 4.69) is 15.6 Å². The molecule has 1 aromatic carbocycles. The number of nitrogens with zero attached hydrogens (tertiary/aromatic N) is 1. The molecule has 8 heteroatoms. The van der Waals surface area contributed by atoms with E-state index in [1.807, 2.05) is 0 Å². The molecule has 0 spiro atoms. The molecule has 0 aliphatic carbocycles. The standard InChI is InChI=1S/C16H16F3N3O2/c1-24-13-3-2-12(14(8-13)16(17,18)19)10-22-15(23)21-9-11-4-6-20-7-5-11/h2-8H,9-10H2,1H3,(H2,21,22,23). The minimum Gasteiger partial charge on any atom is -0.497 e. The van der Waals surface area contributed by atoms with Crippen LogP contribution in [0.5, 0.6) is 5.75 Å². The number of hydrogen-bond donors (Lipinski definition) is 2. The minimum atomic E-state index is -4.53. The average molecular weight is 339 g/mol. The first-order valence-corrected chi connectivity index (χ1v) is 7.05. The monoisotopic (exact) mass is 339 g/mol. The van der Waals surface area contributed by atoms with Gasteiger partial charge in [0.25, 0.3) is 0 Å². The van der Waals surface area contributed by atoms with Crippen molar-refractivity contribution >= 4 is 6.03 Å². The Morgan fingerprint density at radius 3 is 2.42 bits per heavy atom. The normalized spacial score (nSPS) is 11.0. The summed E-state index contributed by atoms with van der Waals surface area (Å²) in [6.45, 7) is 0.00408. The lowest BCUT2D eigenvalue weighted by Gasteiger charge is -2.15. The van der Waals surface area contributed by atoms with Gasteiger partial charge in [-0.3, -0.25) is 4.98 Å². The molecule has 0 atom stereocenters. The number of halogens is 3. The van der Waals surface area contributed by atoms with Crippen LogP contribution in [0.4, 0.5) is 18.0 Å². The van der Waals surface area contributed by atoms with Gasteiger partial charge < -0.3 is 15.4 Å². The minimum absolute atomic E-state index is 0.0395. The predicted octanol–water partition coefficient (Wildman–Crippen LogP) is 3.11. The van der Waals surface area contributed by atoms with Gasteiger partial charge in [-0.25, -0.2) is 4.79 Å². The molecular formula is C16H16F3N3O2. The second-order valence-electron chi connectivity index (χ2n) is 4.91. The van der Waals surface area contributed by atoms with Gasteiger partial charge in [0, 0.05) is 25.5 Å². The van der Waals surface area contributed by atoms with Crippen molar-refractivity contribution < 1.29 is 22.7 Å². The van der Waals surface area contributed by atoms with E-state index in [0.717, 1.165) is 11.6 Å². The first-order chi connectivity index (χ1) is 11.4. The number of pyridine rings is 1. The smallest absolute Gasteiger partial charge is 0.416 e. The van der Waals surface area contributed by atoms with Gasteiger partial charge in [0.2, 0.25) is 0 Å². The number of carbonyl (C=O) groups excluding carboxylic acids is 1. The Morgan fingerprint density at radius 1 is 1.12 bits per heavy atom. The van der Waals surface area contributed by atoms with Crippen LogP contribution in [0.15, 0.2) is 42.7 Å². The number of ether oxygens (including phenoxy) is 1. The number of alkyl halides is 3. The van der Waals surface area contributed by atoms with Gasteiger partial charge in [-0.1, -0.05) is 6.07 Å². The van der Waals surface area contributed by atoms with E-state index >= 15 is 0 Å². The Kier molecular flexibility index (Phi) is 5.62. The second-order valence-corrected chi connectivity index (χ2v) is 4.91. The zero-order chi connectivity index (χ0) is 17.6.